The third-order valence-corrected chi connectivity index (χ3v) is 22.2. The topological polar surface area (TPSA) is 339 Å². The number of hydrogen-bond acceptors (Lipinski definition) is 22. The molecule has 107 heavy (non-hydrogen) atoms. The van der Waals surface area contributed by atoms with Crippen LogP contribution in [0.2, 0.25) is 0 Å². The number of hydrogen-bond donors (Lipinski definition) is 4. The maximum absolute atomic E-state index is 16.0. The third-order valence-electron chi connectivity index (χ3n) is 22.2. The maximum Gasteiger partial charge on any atom is 0.350 e. The summed E-state index contributed by atoms with van der Waals surface area (Å²) in [5.74, 6) is -10.1. The van der Waals surface area contributed by atoms with Crippen LogP contribution in [-0.4, -0.2) is 161 Å². The second kappa shape index (κ2) is 32.9. The van der Waals surface area contributed by atoms with Crippen molar-refractivity contribution in [2.24, 2.45) is 22.2 Å². The van der Waals surface area contributed by atoms with Gasteiger partial charge in [0.25, 0.3) is 11.8 Å². The van der Waals surface area contributed by atoms with E-state index in [1.54, 1.807) is 117 Å². The lowest BCUT2D eigenvalue weighted by atomic mass is 9.44. The second-order valence-electron chi connectivity index (χ2n) is 29.6. The SMILES string of the molecule is CCC(C)(C)C(=O)C(=O)N1CCCCC1C(=O)OC(CCc1ccc(OC)c(OC)c1)c1cccc(NC(=O)CCCC(=O)O[C@@H](C(=O)O[C@H]2C[C@@]3(O)[C@@H](OC(=O)c4ccccc4)C4[C@](C)(C(=O)[C@H](OC(C)=O)C(=C2C)C3(C)C)[C@@H](O)C[C@H]2OC[C@@]42OC(C)=O)[C@@H](NC(=O)c2ccccc2)c2ccccc2)c1. The van der Waals surface area contributed by atoms with Crippen LogP contribution >= 0.6 is 0 Å². The van der Waals surface area contributed by atoms with Gasteiger partial charge in [0.1, 0.15) is 42.1 Å². The van der Waals surface area contributed by atoms with Gasteiger partial charge in [-0.1, -0.05) is 120 Å². The number of benzene rings is 5. The highest BCUT2D eigenvalue weighted by Gasteiger charge is 2.78. The highest BCUT2D eigenvalue weighted by atomic mass is 16.6. The van der Waals surface area contributed by atoms with Gasteiger partial charge in [0.2, 0.25) is 17.8 Å². The Balaban J connectivity index is 0.948. The first-order chi connectivity index (χ1) is 50.8. The molecule has 3 unspecified atom stereocenters. The van der Waals surface area contributed by atoms with Crippen molar-refractivity contribution in [3.63, 3.8) is 0 Å². The molecule has 5 aliphatic rings. The number of rotatable bonds is 27. The standard InChI is InChI=1S/C82H95N3O22/c1-12-78(5,6)71(92)74(94)85-41-23-22-34-56(85)76(96)103-57(39-37-50-38-40-58(99-10)59(42-50)100-11)54-32-24-33-55(43-54)83-63(89)35-25-36-64(90)105-68(66(51-26-16-13-17-27-51)84-73(93)52-28-18-14-19-29-52)77(97)104-60-45-82(98)72(106-75(95)53-30-20-15-21-31-53)69-80(9,61(88)44-62-81(69,46-101-62)107-49(4)87)70(91)67(102-48(3)86)65(47(60)2)79(82,7)8/h13-21,24,26-33,38,40,42-43,56-57,60-62,66-69,72,88,98H,12,22-23,25,34-37,39,41,44-46H2,1-11H3,(H,83,89)(H,84,93)/t56?,57?,60-,61-,62+,66-,67+,68+,69?,72-,80+,81-,82+/m0/s1. The molecule has 5 aromatic rings. The number of anilines is 1. The summed E-state index contributed by atoms with van der Waals surface area (Å²) in [7, 11) is 3.03. The Morgan fingerprint density at radius 3 is 2.03 bits per heavy atom. The molecule has 0 spiro atoms. The molecule has 2 heterocycles. The van der Waals surface area contributed by atoms with Crippen molar-refractivity contribution < 1.29 is 106 Å². The van der Waals surface area contributed by atoms with E-state index in [0.29, 0.717) is 48.4 Å². The average Bonchev–Trinajstić information content (AvgIpc) is 0.668. The predicted octanol–water partition coefficient (Wildman–Crippen LogP) is 9.72. The number of nitrogens with zero attached hydrogens (tertiary/aromatic N) is 1. The average molecular weight is 1470 g/mol. The van der Waals surface area contributed by atoms with E-state index in [0.717, 1.165) is 19.4 Å². The van der Waals surface area contributed by atoms with Crippen LogP contribution in [0.5, 0.6) is 11.5 Å². The van der Waals surface area contributed by atoms with Crippen LogP contribution in [0.3, 0.4) is 0 Å². The maximum atomic E-state index is 16.0. The molecule has 5 aromatic carbocycles. The van der Waals surface area contributed by atoms with Gasteiger partial charge in [-0.3, -0.25) is 38.4 Å². The van der Waals surface area contributed by atoms with E-state index in [2.05, 4.69) is 10.6 Å². The molecule has 3 amide bonds. The normalized spacial score (nSPS) is 25.1. The van der Waals surface area contributed by atoms with Crippen molar-refractivity contribution in [1.82, 2.24) is 10.2 Å². The molecule has 2 bridgehead atoms. The van der Waals surface area contributed by atoms with E-state index in [4.69, 9.17) is 42.6 Å². The number of nitrogens with one attached hydrogen (secondary N) is 2. The van der Waals surface area contributed by atoms with Crippen LogP contribution in [0.15, 0.2) is 145 Å². The molecule has 13 atom stereocenters. The Kier molecular flexibility index (Phi) is 24.5. The van der Waals surface area contributed by atoms with E-state index in [1.165, 1.54) is 71.1 Å². The van der Waals surface area contributed by atoms with Crippen LogP contribution in [0, 0.1) is 22.2 Å². The number of piperidine rings is 1. The zero-order chi connectivity index (χ0) is 77.5. The quantitative estimate of drug-likeness (QED) is 0.0164. The number of fused-ring (bicyclic) bond motifs is 5. The van der Waals surface area contributed by atoms with Crippen LogP contribution in [0.25, 0.3) is 0 Å². The highest BCUT2D eigenvalue weighted by molar-refractivity contribution is 6.38. The number of esters is 6. The van der Waals surface area contributed by atoms with Crippen molar-refractivity contribution in [2.75, 3.05) is 32.7 Å². The highest BCUT2D eigenvalue weighted by Crippen LogP contribution is 2.65. The van der Waals surface area contributed by atoms with Crippen LogP contribution in [-0.2, 0) is 82.7 Å². The smallest absolute Gasteiger partial charge is 0.350 e. The van der Waals surface area contributed by atoms with Crippen LogP contribution < -0.4 is 20.1 Å². The minimum Gasteiger partial charge on any atom is -0.493 e. The Bertz CT molecular complexity index is 4220. The summed E-state index contributed by atoms with van der Waals surface area (Å²) in [6, 6.07) is 33.2. The van der Waals surface area contributed by atoms with Gasteiger partial charge in [-0.2, -0.15) is 0 Å². The molecule has 3 aliphatic carbocycles. The molecule has 2 aliphatic heterocycles. The summed E-state index contributed by atoms with van der Waals surface area (Å²) in [6.07, 6.45) is -10.9. The fourth-order valence-electron chi connectivity index (χ4n) is 15.8. The monoisotopic (exact) mass is 1470 g/mol. The van der Waals surface area contributed by atoms with Crippen molar-refractivity contribution in [2.45, 2.75) is 199 Å². The van der Waals surface area contributed by atoms with Gasteiger partial charge >= 0.3 is 35.8 Å². The summed E-state index contributed by atoms with van der Waals surface area (Å²) in [6.45, 7) is 13.1. The molecular weight excluding hydrogens is 1380 g/mol. The van der Waals surface area contributed by atoms with E-state index >= 15 is 9.59 Å². The van der Waals surface area contributed by atoms with Crippen molar-refractivity contribution in [3.8, 4) is 11.5 Å². The van der Waals surface area contributed by atoms with Gasteiger partial charge < -0.3 is 68.4 Å². The van der Waals surface area contributed by atoms with E-state index in [1.807, 2.05) is 13.0 Å². The first-order valence-electron chi connectivity index (χ1n) is 36.2. The summed E-state index contributed by atoms with van der Waals surface area (Å²) in [5, 5.41) is 32.3. The van der Waals surface area contributed by atoms with Gasteiger partial charge in [0, 0.05) is 68.2 Å². The Morgan fingerprint density at radius 1 is 0.748 bits per heavy atom. The number of aliphatic hydroxyl groups excluding tert-OH is 1. The second-order valence-corrected chi connectivity index (χ2v) is 29.6. The van der Waals surface area contributed by atoms with Crippen LogP contribution in [0.1, 0.15) is 176 Å². The Morgan fingerprint density at radius 2 is 1.40 bits per heavy atom. The minimum absolute atomic E-state index is 0.00345. The molecule has 25 heteroatoms. The van der Waals surface area contributed by atoms with Gasteiger partial charge in [-0.25, -0.2) is 14.4 Å². The number of aryl methyl sites for hydroxylation is 1. The Hall–Kier alpha value is -10.1. The minimum atomic E-state index is -2.56. The Labute approximate surface area is 621 Å². The van der Waals surface area contributed by atoms with Gasteiger partial charge in [0.15, 0.2) is 29.0 Å². The van der Waals surface area contributed by atoms with Crippen molar-refractivity contribution >= 4 is 70.8 Å². The number of ketones is 2. The van der Waals surface area contributed by atoms with Gasteiger partial charge in [-0.15, -0.1) is 0 Å². The lowest BCUT2D eigenvalue weighted by Gasteiger charge is -2.67. The first kappa shape index (κ1) is 79.5. The molecule has 10 rings (SSSR count). The molecule has 4 N–H and O–H groups in total. The number of aliphatic hydroxyl groups is 2. The fourth-order valence-corrected chi connectivity index (χ4v) is 15.8. The number of carbonyl (C=O) groups excluding carboxylic acids is 11. The first-order valence-corrected chi connectivity index (χ1v) is 36.2. The molecule has 0 aromatic heterocycles. The number of methoxy groups -OCH3 is 2. The van der Waals surface area contributed by atoms with Crippen molar-refractivity contribution in [3.05, 3.63) is 172 Å². The molecule has 4 fully saturated rings. The zero-order valence-electron chi connectivity index (χ0n) is 62.2. The molecule has 2 saturated carbocycles. The summed E-state index contributed by atoms with van der Waals surface area (Å²) < 4.78 is 54.8. The number of ether oxygens (including phenoxy) is 9. The molecule has 570 valence electrons. The lowest BCUT2D eigenvalue weighted by Crippen LogP contribution is -2.82. The summed E-state index contributed by atoms with van der Waals surface area (Å²) in [5.41, 5.74) is -7.42. The van der Waals surface area contributed by atoms with E-state index < -0.39 is 173 Å². The van der Waals surface area contributed by atoms with Crippen LogP contribution in [0.4, 0.5) is 5.69 Å². The molecular formula is C82H95N3O22. The number of likely N-dealkylation sites (tertiary alicyclic amines) is 1. The molecule has 2 saturated heterocycles. The largest absolute Gasteiger partial charge is 0.493 e. The number of Topliss-reactive ketones (excluding diaryl/α,β-unsaturated/α-hetero) is 2. The zero-order valence-corrected chi connectivity index (χ0v) is 62.2. The fraction of sp³-hybridized carbons (Fsp3) is 0.476. The molecule has 0 radical (unpaired) electrons. The summed E-state index contributed by atoms with van der Waals surface area (Å²) >= 11 is 0. The van der Waals surface area contributed by atoms with Gasteiger partial charge in [0.05, 0.1) is 43.8 Å². The third kappa shape index (κ3) is 16.4. The number of carbonyl (C=O) groups is 11. The molecule has 25 nitrogen and oxygen atoms in total. The number of amides is 3. The summed E-state index contributed by atoms with van der Waals surface area (Å²) in [4.78, 5) is 159. The lowest BCUT2D eigenvalue weighted by molar-refractivity contribution is -0.346. The van der Waals surface area contributed by atoms with E-state index in [-0.39, 0.29) is 66.5 Å². The predicted molar refractivity (Wildman–Crippen MR) is 386 cm³/mol. The van der Waals surface area contributed by atoms with Gasteiger partial charge in [-0.05, 0) is 135 Å². The van der Waals surface area contributed by atoms with E-state index in [9.17, 15) is 53.4 Å². The van der Waals surface area contributed by atoms with Crippen molar-refractivity contribution in [1.29, 1.82) is 0 Å².